The van der Waals surface area contributed by atoms with Crippen LogP contribution in [0.1, 0.15) is 18.2 Å². The molecule has 0 aliphatic heterocycles. The van der Waals surface area contributed by atoms with E-state index in [9.17, 15) is 4.39 Å². The highest BCUT2D eigenvalue weighted by Crippen LogP contribution is 2.25. The molecule has 4 nitrogen and oxygen atoms in total. The van der Waals surface area contributed by atoms with Gasteiger partial charge in [-0.1, -0.05) is 12.1 Å². The van der Waals surface area contributed by atoms with Gasteiger partial charge in [0, 0.05) is 18.3 Å². The van der Waals surface area contributed by atoms with E-state index in [1.807, 2.05) is 13.8 Å². The van der Waals surface area contributed by atoms with Gasteiger partial charge in [0.2, 0.25) is 11.8 Å². The Labute approximate surface area is 111 Å². The zero-order chi connectivity index (χ0) is 13.8. The number of ether oxygens (including phenoxy) is 1. The molecule has 19 heavy (non-hydrogen) atoms. The molecule has 0 saturated heterocycles. The Morgan fingerprint density at radius 3 is 2.79 bits per heavy atom. The minimum Gasteiger partial charge on any atom is -0.436 e. The fraction of sp³-hybridized carbons (Fsp3) is 0.286. The van der Waals surface area contributed by atoms with Crippen molar-refractivity contribution in [2.45, 2.75) is 20.8 Å². The number of rotatable bonds is 4. The van der Waals surface area contributed by atoms with Crippen LogP contribution in [0.25, 0.3) is 0 Å². The van der Waals surface area contributed by atoms with Gasteiger partial charge in [-0.3, -0.25) is 0 Å². The van der Waals surface area contributed by atoms with Crippen LogP contribution < -0.4 is 10.1 Å². The molecular weight excluding hydrogens is 245 g/mol. The normalized spacial score (nSPS) is 10.3. The summed E-state index contributed by atoms with van der Waals surface area (Å²) in [4.78, 5) is 8.39. The van der Waals surface area contributed by atoms with Crippen LogP contribution in [0.15, 0.2) is 24.3 Å². The molecule has 0 fully saturated rings. The van der Waals surface area contributed by atoms with E-state index in [1.54, 1.807) is 31.2 Å². The monoisotopic (exact) mass is 261 g/mol. The van der Waals surface area contributed by atoms with Crippen molar-refractivity contribution in [1.82, 2.24) is 9.97 Å². The average Bonchev–Trinajstić information content (AvgIpc) is 2.35. The first-order chi connectivity index (χ1) is 9.10. The molecule has 0 amide bonds. The lowest BCUT2D eigenvalue weighted by Crippen LogP contribution is -2.04. The molecule has 0 spiro atoms. The predicted molar refractivity (Wildman–Crippen MR) is 72.1 cm³/mol. The quantitative estimate of drug-likeness (QED) is 0.915. The molecule has 100 valence electrons. The summed E-state index contributed by atoms with van der Waals surface area (Å²) in [5.41, 5.74) is 1.30. The lowest BCUT2D eigenvalue weighted by molar-refractivity contribution is 0.424. The topological polar surface area (TPSA) is 47.0 Å². The lowest BCUT2D eigenvalue weighted by atomic mass is 10.2. The summed E-state index contributed by atoms with van der Waals surface area (Å²) in [5.74, 6) is 0.600. The number of hydrogen-bond acceptors (Lipinski definition) is 4. The molecule has 5 heteroatoms. The molecule has 2 rings (SSSR count). The SMILES string of the molecule is CCNc1nc(C)cc(Oc2cccc(C)c2F)n1. The van der Waals surface area contributed by atoms with Crippen LogP contribution in [0.3, 0.4) is 0 Å². The number of benzene rings is 1. The molecule has 0 atom stereocenters. The first kappa shape index (κ1) is 13.3. The van der Waals surface area contributed by atoms with E-state index in [-0.39, 0.29) is 11.6 Å². The summed E-state index contributed by atoms with van der Waals surface area (Å²) < 4.78 is 19.3. The van der Waals surface area contributed by atoms with Crippen molar-refractivity contribution < 1.29 is 9.13 Å². The van der Waals surface area contributed by atoms with Crippen molar-refractivity contribution in [3.05, 3.63) is 41.3 Å². The third-order valence-electron chi connectivity index (χ3n) is 2.54. The van der Waals surface area contributed by atoms with Gasteiger partial charge in [0.25, 0.3) is 0 Å². The van der Waals surface area contributed by atoms with Gasteiger partial charge in [0.1, 0.15) is 0 Å². The summed E-state index contributed by atoms with van der Waals surface area (Å²) in [7, 11) is 0. The van der Waals surface area contributed by atoms with E-state index in [4.69, 9.17) is 4.74 Å². The van der Waals surface area contributed by atoms with E-state index < -0.39 is 0 Å². The molecule has 0 aliphatic rings. The van der Waals surface area contributed by atoms with Crippen molar-refractivity contribution in [1.29, 1.82) is 0 Å². The maximum Gasteiger partial charge on any atom is 0.226 e. The van der Waals surface area contributed by atoms with E-state index in [0.29, 0.717) is 23.9 Å². The highest BCUT2D eigenvalue weighted by molar-refractivity contribution is 5.36. The Bertz CT molecular complexity index is 587. The van der Waals surface area contributed by atoms with Gasteiger partial charge in [0.05, 0.1) is 0 Å². The van der Waals surface area contributed by atoms with E-state index >= 15 is 0 Å². The Morgan fingerprint density at radius 1 is 1.26 bits per heavy atom. The van der Waals surface area contributed by atoms with Gasteiger partial charge in [-0.25, -0.2) is 9.37 Å². The molecule has 1 heterocycles. The van der Waals surface area contributed by atoms with Crippen LogP contribution in [-0.4, -0.2) is 16.5 Å². The Morgan fingerprint density at radius 2 is 2.05 bits per heavy atom. The van der Waals surface area contributed by atoms with E-state index in [0.717, 1.165) is 5.69 Å². The molecule has 1 N–H and O–H groups in total. The van der Waals surface area contributed by atoms with Gasteiger partial charge in [0.15, 0.2) is 11.6 Å². The van der Waals surface area contributed by atoms with Crippen molar-refractivity contribution in [2.24, 2.45) is 0 Å². The Hall–Kier alpha value is -2.17. The second kappa shape index (κ2) is 5.65. The summed E-state index contributed by atoms with van der Waals surface area (Å²) >= 11 is 0. The minimum absolute atomic E-state index is 0.167. The van der Waals surface area contributed by atoms with Gasteiger partial charge < -0.3 is 10.1 Å². The van der Waals surface area contributed by atoms with Gasteiger partial charge in [-0.05, 0) is 32.4 Å². The lowest BCUT2D eigenvalue weighted by Gasteiger charge is -2.09. The minimum atomic E-state index is -0.372. The fourth-order valence-electron chi connectivity index (χ4n) is 1.64. The standard InChI is InChI=1S/C14H16FN3O/c1-4-16-14-17-10(3)8-12(18-14)19-11-7-5-6-9(2)13(11)15/h5-8H,4H2,1-3H3,(H,16,17,18). The smallest absolute Gasteiger partial charge is 0.226 e. The maximum absolute atomic E-state index is 13.9. The van der Waals surface area contributed by atoms with Crippen LogP contribution in [0, 0.1) is 19.7 Å². The Kier molecular flexibility index (Phi) is 3.94. The first-order valence-corrected chi connectivity index (χ1v) is 6.12. The predicted octanol–water partition coefficient (Wildman–Crippen LogP) is 3.46. The second-order valence-electron chi connectivity index (χ2n) is 4.19. The van der Waals surface area contributed by atoms with Crippen LogP contribution in [0.5, 0.6) is 11.6 Å². The molecular formula is C14H16FN3O. The zero-order valence-corrected chi connectivity index (χ0v) is 11.2. The van der Waals surface area contributed by atoms with Crippen LogP contribution in [0.4, 0.5) is 10.3 Å². The third kappa shape index (κ3) is 3.19. The van der Waals surface area contributed by atoms with E-state index in [2.05, 4.69) is 15.3 Å². The zero-order valence-electron chi connectivity index (χ0n) is 11.2. The summed E-state index contributed by atoms with van der Waals surface area (Å²) in [6, 6.07) is 6.68. The molecule has 0 saturated carbocycles. The number of anilines is 1. The van der Waals surface area contributed by atoms with Crippen molar-refractivity contribution in [2.75, 3.05) is 11.9 Å². The van der Waals surface area contributed by atoms with Crippen LogP contribution in [0.2, 0.25) is 0 Å². The molecule has 0 bridgehead atoms. The molecule has 1 aromatic carbocycles. The van der Waals surface area contributed by atoms with Crippen LogP contribution >= 0.6 is 0 Å². The number of hydrogen-bond donors (Lipinski definition) is 1. The highest BCUT2D eigenvalue weighted by atomic mass is 19.1. The van der Waals surface area contributed by atoms with Gasteiger partial charge >= 0.3 is 0 Å². The molecule has 1 aromatic heterocycles. The molecule has 0 radical (unpaired) electrons. The number of nitrogens with one attached hydrogen (secondary N) is 1. The summed E-state index contributed by atoms with van der Waals surface area (Å²) in [5, 5.41) is 3.00. The second-order valence-corrected chi connectivity index (χ2v) is 4.19. The fourth-order valence-corrected chi connectivity index (χ4v) is 1.64. The van der Waals surface area contributed by atoms with Crippen LogP contribution in [-0.2, 0) is 0 Å². The average molecular weight is 261 g/mol. The molecule has 0 aliphatic carbocycles. The number of aromatic nitrogens is 2. The summed E-state index contributed by atoms with van der Waals surface area (Å²) in [6.07, 6.45) is 0. The van der Waals surface area contributed by atoms with Gasteiger partial charge in [-0.15, -0.1) is 0 Å². The molecule has 2 aromatic rings. The van der Waals surface area contributed by atoms with Crippen molar-refractivity contribution >= 4 is 5.95 Å². The van der Waals surface area contributed by atoms with Gasteiger partial charge in [-0.2, -0.15) is 4.98 Å². The maximum atomic E-state index is 13.9. The Balaban J connectivity index is 2.30. The molecule has 0 unspecified atom stereocenters. The third-order valence-corrected chi connectivity index (χ3v) is 2.54. The summed E-state index contributed by atoms with van der Waals surface area (Å²) in [6.45, 7) is 6.19. The van der Waals surface area contributed by atoms with E-state index in [1.165, 1.54) is 0 Å². The highest BCUT2D eigenvalue weighted by Gasteiger charge is 2.09. The van der Waals surface area contributed by atoms with Crippen molar-refractivity contribution in [3.63, 3.8) is 0 Å². The number of aryl methyl sites for hydroxylation is 2. The first-order valence-electron chi connectivity index (χ1n) is 6.12. The largest absolute Gasteiger partial charge is 0.436 e. The number of nitrogens with zero attached hydrogens (tertiary/aromatic N) is 2. The number of halogens is 1. The van der Waals surface area contributed by atoms with Crippen molar-refractivity contribution in [3.8, 4) is 11.6 Å².